The Hall–Kier alpha value is -3.06. The van der Waals surface area contributed by atoms with Crippen molar-refractivity contribution in [1.82, 2.24) is 25.1 Å². The lowest BCUT2D eigenvalue weighted by atomic mass is 9.89. The van der Waals surface area contributed by atoms with E-state index in [0.717, 1.165) is 48.0 Å². The highest BCUT2D eigenvalue weighted by atomic mass is 32.2. The number of thioether (sulfide) groups is 1. The molecular formula is C23H23N5OS. The number of nitrogens with zero attached hydrogens (tertiary/aromatic N) is 3. The van der Waals surface area contributed by atoms with Crippen LogP contribution in [0.25, 0.3) is 10.9 Å². The zero-order chi connectivity index (χ0) is 20.3. The molecule has 3 heterocycles. The van der Waals surface area contributed by atoms with E-state index in [4.69, 9.17) is 0 Å². The van der Waals surface area contributed by atoms with Crippen LogP contribution in [0.5, 0.6) is 0 Å². The summed E-state index contributed by atoms with van der Waals surface area (Å²) in [6, 6.07) is 16.4. The number of aromatic nitrogens is 4. The summed E-state index contributed by atoms with van der Waals surface area (Å²) < 4.78 is 0. The number of piperidine rings is 1. The first-order valence-electron chi connectivity index (χ1n) is 10.2. The number of rotatable bonds is 5. The van der Waals surface area contributed by atoms with Gasteiger partial charge in [0.1, 0.15) is 6.33 Å². The van der Waals surface area contributed by atoms with Crippen LogP contribution in [0.2, 0.25) is 0 Å². The lowest BCUT2D eigenvalue weighted by molar-refractivity contribution is 0.0713. The van der Waals surface area contributed by atoms with Gasteiger partial charge in [0.15, 0.2) is 5.16 Å². The quantitative estimate of drug-likeness (QED) is 0.465. The van der Waals surface area contributed by atoms with Gasteiger partial charge in [-0.15, -0.1) is 0 Å². The smallest absolute Gasteiger partial charge is 0.253 e. The normalized spacial score (nSPS) is 15.0. The standard InChI is InChI=1S/C23H23N5OS/c29-22(18-7-5-16(6-8-18)14-30-23-25-15-26-27-23)28-11-9-17(10-12-28)20-13-24-21-4-2-1-3-19(20)21/h1-8,13,15,17,24H,9-12,14H2,(H,25,26,27). The van der Waals surface area contributed by atoms with Gasteiger partial charge in [0.05, 0.1) is 0 Å². The molecule has 1 aliphatic rings. The van der Waals surface area contributed by atoms with Crippen LogP contribution in [0.15, 0.2) is 66.2 Å². The van der Waals surface area contributed by atoms with Crippen molar-refractivity contribution in [3.8, 4) is 0 Å². The summed E-state index contributed by atoms with van der Waals surface area (Å²) in [4.78, 5) is 22.4. The number of para-hydroxylation sites is 1. The van der Waals surface area contributed by atoms with E-state index >= 15 is 0 Å². The minimum Gasteiger partial charge on any atom is -0.361 e. The summed E-state index contributed by atoms with van der Waals surface area (Å²) >= 11 is 1.59. The van der Waals surface area contributed by atoms with Gasteiger partial charge in [0.2, 0.25) is 0 Å². The van der Waals surface area contributed by atoms with Gasteiger partial charge in [-0.1, -0.05) is 42.1 Å². The number of fused-ring (bicyclic) bond motifs is 1. The van der Waals surface area contributed by atoms with Crippen molar-refractivity contribution < 1.29 is 4.79 Å². The summed E-state index contributed by atoms with van der Waals surface area (Å²) in [6.07, 6.45) is 5.65. The zero-order valence-electron chi connectivity index (χ0n) is 16.5. The molecule has 0 saturated carbocycles. The van der Waals surface area contributed by atoms with Crippen LogP contribution in [0.3, 0.4) is 0 Å². The molecule has 0 radical (unpaired) electrons. The Morgan fingerprint density at radius 2 is 1.90 bits per heavy atom. The lowest BCUT2D eigenvalue weighted by Gasteiger charge is -2.32. The fourth-order valence-electron chi connectivity index (χ4n) is 4.17. The minimum atomic E-state index is 0.127. The van der Waals surface area contributed by atoms with Crippen LogP contribution in [-0.2, 0) is 5.75 Å². The molecule has 5 rings (SSSR count). The number of carbonyl (C=O) groups excluding carboxylic acids is 1. The van der Waals surface area contributed by atoms with Gasteiger partial charge in [-0.05, 0) is 48.1 Å². The number of likely N-dealkylation sites (tertiary alicyclic amines) is 1. The number of benzene rings is 2. The van der Waals surface area contributed by atoms with Crippen molar-refractivity contribution >= 4 is 28.6 Å². The van der Waals surface area contributed by atoms with E-state index in [9.17, 15) is 4.79 Å². The third-order valence-corrected chi connectivity index (χ3v) is 6.76. The molecule has 0 unspecified atom stereocenters. The number of carbonyl (C=O) groups is 1. The summed E-state index contributed by atoms with van der Waals surface area (Å²) in [7, 11) is 0. The molecule has 4 aromatic rings. The summed E-state index contributed by atoms with van der Waals surface area (Å²) in [5.74, 6) is 1.42. The monoisotopic (exact) mass is 417 g/mol. The molecule has 6 nitrogen and oxygen atoms in total. The molecule has 0 bridgehead atoms. The van der Waals surface area contributed by atoms with Crippen molar-refractivity contribution in [2.75, 3.05) is 13.1 Å². The Kier molecular flexibility index (Phi) is 5.27. The first-order chi connectivity index (χ1) is 14.8. The average Bonchev–Trinajstić information content (AvgIpc) is 3.48. The van der Waals surface area contributed by atoms with Gasteiger partial charge < -0.3 is 9.88 Å². The van der Waals surface area contributed by atoms with Gasteiger partial charge in [0.25, 0.3) is 5.91 Å². The molecule has 1 amide bonds. The lowest BCUT2D eigenvalue weighted by Crippen LogP contribution is -2.37. The number of H-pyrrole nitrogens is 2. The van der Waals surface area contributed by atoms with Crippen molar-refractivity contribution in [1.29, 1.82) is 0 Å². The van der Waals surface area contributed by atoms with Crippen LogP contribution in [0.1, 0.15) is 40.2 Å². The first kappa shape index (κ1) is 18.9. The number of hydrogen-bond acceptors (Lipinski definition) is 4. The molecule has 152 valence electrons. The molecule has 2 aromatic heterocycles. The van der Waals surface area contributed by atoms with Gasteiger partial charge in [-0.25, -0.2) is 4.98 Å². The number of hydrogen-bond donors (Lipinski definition) is 2. The molecular weight excluding hydrogens is 394 g/mol. The molecule has 0 spiro atoms. The second kappa shape index (κ2) is 8.36. The maximum absolute atomic E-state index is 13.0. The SMILES string of the molecule is O=C(c1ccc(CSc2ncn[nH]2)cc1)N1CCC(c2c[nH]c3ccccc23)CC1. The van der Waals surface area contributed by atoms with E-state index in [1.165, 1.54) is 22.8 Å². The molecule has 0 aliphatic carbocycles. The van der Waals surface area contributed by atoms with Crippen LogP contribution in [0.4, 0.5) is 0 Å². The second-order valence-corrected chi connectivity index (χ2v) is 8.60. The van der Waals surface area contributed by atoms with Crippen LogP contribution in [-0.4, -0.2) is 44.1 Å². The van der Waals surface area contributed by atoms with Crippen LogP contribution < -0.4 is 0 Å². The van der Waals surface area contributed by atoms with E-state index in [1.54, 1.807) is 11.8 Å². The van der Waals surface area contributed by atoms with Gasteiger partial charge >= 0.3 is 0 Å². The average molecular weight is 418 g/mol. The topological polar surface area (TPSA) is 77.7 Å². The van der Waals surface area contributed by atoms with Crippen molar-refractivity contribution in [3.05, 3.63) is 77.7 Å². The fraction of sp³-hybridized carbons (Fsp3) is 0.261. The molecule has 0 atom stereocenters. The highest BCUT2D eigenvalue weighted by Gasteiger charge is 2.26. The predicted octanol–water partition coefficient (Wildman–Crippen LogP) is 4.60. The van der Waals surface area contributed by atoms with E-state index in [-0.39, 0.29) is 5.91 Å². The zero-order valence-corrected chi connectivity index (χ0v) is 17.4. The minimum absolute atomic E-state index is 0.127. The highest BCUT2D eigenvalue weighted by Crippen LogP contribution is 2.33. The van der Waals surface area contributed by atoms with Gasteiger partial charge in [0, 0.05) is 41.5 Å². The Bertz CT molecular complexity index is 1130. The first-order valence-corrected chi connectivity index (χ1v) is 11.2. The van der Waals surface area contributed by atoms with E-state index in [1.807, 2.05) is 29.2 Å². The molecule has 1 saturated heterocycles. The Morgan fingerprint density at radius 1 is 1.10 bits per heavy atom. The van der Waals surface area contributed by atoms with Crippen molar-refractivity contribution in [3.63, 3.8) is 0 Å². The Labute approximate surface area is 179 Å². The molecule has 1 aliphatic heterocycles. The summed E-state index contributed by atoms with van der Waals surface area (Å²) in [6.45, 7) is 1.60. The molecule has 2 aromatic carbocycles. The number of nitrogens with one attached hydrogen (secondary N) is 2. The number of amides is 1. The fourth-order valence-corrected chi connectivity index (χ4v) is 4.90. The van der Waals surface area contributed by atoms with Crippen LogP contribution in [0, 0.1) is 0 Å². The summed E-state index contributed by atoms with van der Waals surface area (Å²) in [5, 5.41) is 8.80. The van der Waals surface area contributed by atoms with Crippen LogP contribution >= 0.6 is 11.8 Å². The molecule has 30 heavy (non-hydrogen) atoms. The highest BCUT2D eigenvalue weighted by molar-refractivity contribution is 7.98. The third-order valence-electron chi connectivity index (χ3n) is 5.81. The second-order valence-electron chi connectivity index (χ2n) is 7.63. The van der Waals surface area contributed by atoms with Gasteiger partial charge in [-0.2, -0.15) is 5.10 Å². The van der Waals surface area contributed by atoms with Crippen molar-refractivity contribution in [2.24, 2.45) is 0 Å². The molecule has 2 N–H and O–H groups in total. The predicted molar refractivity (Wildman–Crippen MR) is 119 cm³/mol. The molecule has 7 heteroatoms. The van der Waals surface area contributed by atoms with Crippen molar-refractivity contribution in [2.45, 2.75) is 29.7 Å². The maximum atomic E-state index is 13.0. The van der Waals surface area contributed by atoms with E-state index in [0.29, 0.717) is 5.92 Å². The summed E-state index contributed by atoms with van der Waals surface area (Å²) in [5.41, 5.74) is 4.49. The third kappa shape index (κ3) is 3.85. The van der Waals surface area contributed by atoms with Gasteiger partial charge in [-0.3, -0.25) is 9.89 Å². The van der Waals surface area contributed by atoms with E-state index in [2.05, 4.69) is 50.6 Å². The largest absolute Gasteiger partial charge is 0.361 e. The Balaban J connectivity index is 1.19. The molecule has 1 fully saturated rings. The Morgan fingerprint density at radius 3 is 2.67 bits per heavy atom. The van der Waals surface area contributed by atoms with E-state index < -0.39 is 0 Å². The maximum Gasteiger partial charge on any atom is 0.253 e. The number of aromatic amines is 2.